The number of halogens is 1. The van der Waals surface area contributed by atoms with E-state index < -0.39 is 15.2 Å². The molecule has 0 unspecified atom stereocenters. The second-order valence-corrected chi connectivity index (χ2v) is 6.23. The molecule has 0 aliphatic carbocycles. The largest absolute Gasteiger partial charge is 0.350 e. The van der Waals surface area contributed by atoms with Crippen LogP contribution in [-0.2, 0) is 14.8 Å². The van der Waals surface area contributed by atoms with Gasteiger partial charge in [0.25, 0.3) is 0 Å². The van der Waals surface area contributed by atoms with Gasteiger partial charge in [0.05, 0.1) is 6.54 Å². The molecule has 2 N–H and O–H groups in total. The summed E-state index contributed by atoms with van der Waals surface area (Å²) >= 11 is 5.13. The summed E-state index contributed by atoms with van der Waals surface area (Å²) < 4.78 is 23.8. The fraction of sp³-hybridized carbons (Fsp3) is 0.857. The fourth-order valence-electron chi connectivity index (χ4n) is 0.677. The van der Waals surface area contributed by atoms with Gasteiger partial charge in [0.1, 0.15) is 5.21 Å². The molecule has 0 aliphatic rings. The molecule has 5 nitrogen and oxygen atoms in total. The zero-order valence-electron chi connectivity index (χ0n) is 8.43. The number of rotatable bonds is 4. The Morgan fingerprint density at radius 1 is 1.36 bits per heavy atom. The van der Waals surface area contributed by atoms with E-state index in [0.29, 0.717) is 0 Å². The molecule has 84 valence electrons. The standard InChI is InChI=1S/C7H15ClN2O3S/c1-7(2,3)10-6(11)4-9-14(12,13)5-8/h9H,4-5H2,1-3H3,(H,10,11). The molecule has 0 aromatic rings. The molecule has 0 aromatic heterocycles. The van der Waals surface area contributed by atoms with E-state index in [4.69, 9.17) is 11.6 Å². The number of sulfonamides is 1. The summed E-state index contributed by atoms with van der Waals surface area (Å²) in [6.07, 6.45) is 0. The highest BCUT2D eigenvalue weighted by atomic mass is 35.5. The van der Waals surface area contributed by atoms with Gasteiger partial charge in [-0.25, -0.2) is 13.1 Å². The molecule has 7 heteroatoms. The zero-order chi connectivity index (χ0) is 11.4. The van der Waals surface area contributed by atoms with Crippen LogP contribution in [-0.4, -0.2) is 31.6 Å². The Morgan fingerprint density at radius 2 is 1.86 bits per heavy atom. The van der Waals surface area contributed by atoms with E-state index in [-0.39, 0.29) is 18.0 Å². The van der Waals surface area contributed by atoms with Gasteiger partial charge in [-0.3, -0.25) is 4.79 Å². The van der Waals surface area contributed by atoms with Crippen LogP contribution in [0.5, 0.6) is 0 Å². The highest BCUT2D eigenvalue weighted by Gasteiger charge is 2.15. The SMILES string of the molecule is CC(C)(C)NC(=O)CNS(=O)(=O)CCl. The van der Waals surface area contributed by atoms with Crippen LogP contribution in [0.1, 0.15) is 20.8 Å². The molecular formula is C7H15ClN2O3S. The minimum absolute atomic E-state index is 0.285. The van der Waals surface area contributed by atoms with Crippen molar-refractivity contribution >= 4 is 27.5 Å². The molecular weight excluding hydrogens is 228 g/mol. The second kappa shape index (κ2) is 4.95. The van der Waals surface area contributed by atoms with Crippen LogP contribution in [0, 0.1) is 0 Å². The molecule has 0 rings (SSSR count). The number of carbonyl (C=O) groups is 1. The van der Waals surface area contributed by atoms with Crippen LogP contribution < -0.4 is 10.0 Å². The summed E-state index contributed by atoms with van der Waals surface area (Å²) in [5.41, 5.74) is -0.372. The summed E-state index contributed by atoms with van der Waals surface area (Å²) in [6, 6.07) is 0. The van der Waals surface area contributed by atoms with E-state index in [2.05, 4.69) is 10.0 Å². The molecule has 0 aromatic carbocycles. The Hall–Kier alpha value is -0.330. The van der Waals surface area contributed by atoms with Gasteiger partial charge in [-0.2, -0.15) is 0 Å². The van der Waals surface area contributed by atoms with Gasteiger partial charge in [-0.1, -0.05) is 0 Å². The van der Waals surface area contributed by atoms with Crippen LogP contribution in [0.25, 0.3) is 0 Å². The topological polar surface area (TPSA) is 75.3 Å². The third kappa shape index (κ3) is 7.11. The van der Waals surface area contributed by atoms with Crippen LogP contribution in [0.2, 0.25) is 0 Å². The summed E-state index contributed by atoms with van der Waals surface area (Å²) in [7, 11) is -3.52. The first-order valence-corrected chi connectivity index (χ1v) is 6.19. The molecule has 0 spiro atoms. The Balaban J connectivity index is 4.00. The number of carbonyl (C=O) groups excluding carboxylic acids is 1. The molecule has 0 aliphatic heterocycles. The Labute approximate surface area is 89.3 Å². The maximum absolute atomic E-state index is 11.1. The van der Waals surface area contributed by atoms with Crippen molar-refractivity contribution in [1.82, 2.24) is 10.0 Å². The van der Waals surface area contributed by atoms with Gasteiger partial charge in [0.15, 0.2) is 0 Å². The van der Waals surface area contributed by atoms with Gasteiger partial charge >= 0.3 is 0 Å². The lowest BCUT2D eigenvalue weighted by Gasteiger charge is -2.20. The Morgan fingerprint density at radius 3 is 2.21 bits per heavy atom. The van der Waals surface area contributed by atoms with Gasteiger partial charge in [0, 0.05) is 5.54 Å². The van der Waals surface area contributed by atoms with Gasteiger partial charge in [-0.15, -0.1) is 11.6 Å². The van der Waals surface area contributed by atoms with E-state index in [1.807, 2.05) is 0 Å². The molecule has 14 heavy (non-hydrogen) atoms. The maximum atomic E-state index is 11.1. The highest BCUT2D eigenvalue weighted by molar-refractivity contribution is 7.90. The van der Waals surface area contributed by atoms with Crippen molar-refractivity contribution in [3.8, 4) is 0 Å². The average Bonchev–Trinajstić information content (AvgIpc) is 1.98. The third-order valence-electron chi connectivity index (χ3n) is 1.11. The number of hydrogen-bond donors (Lipinski definition) is 2. The zero-order valence-corrected chi connectivity index (χ0v) is 10.00. The van der Waals surface area contributed by atoms with Crippen molar-refractivity contribution in [2.24, 2.45) is 0 Å². The number of alkyl halides is 1. The predicted molar refractivity (Wildman–Crippen MR) is 55.5 cm³/mol. The number of amides is 1. The minimum atomic E-state index is -3.52. The highest BCUT2D eigenvalue weighted by Crippen LogP contribution is 1.97. The van der Waals surface area contributed by atoms with Crippen molar-refractivity contribution in [3.05, 3.63) is 0 Å². The van der Waals surface area contributed by atoms with Gasteiger partial charge < -0.3 is 5.32 Å². The van der Waals surface area contributed by atoms with E-state index in [9.17, 15) is 13.2 Å². The normalized spacial score (nSPS) is 12.6. The molecule has 0 saturated carbocycles. The summed E-state index contributed by atoms with van der Waals surface area (Å²) in [4.78, 5) is 11.1. The molecule has 0 radical (unpaired) electrons. The lowest BCUT2D eigenvalue weighted by atomic mass is 10.1. The van der Waals surface area contributed by atoms with Gasteiger partial charge in [-0.05, 0) is 20.8 Å². The van der Waals surface area contributed by atoms with E-state index >= 15 is 0 Å². The minimum Gasteiger partial charge on any atom is -0.350 e. The first-order valence-electron chi connectivity index (χ1n) is 4.00. The predicted octanol–water partition coefficient (Wildman–Crippen LogP) is 0.0168. The molecule has 1 amide bonds. The lowest BCUT2D eigenvalue weighted by Crippen LogP contribution is -2.45. The smallest absolute Gasteiger partial charge is 0.235 e. The quantitative estimate of drug-likeness (QED) is 0.683. The van der Waals surface area contributed by atoms with Crippen molar-refractivity contribution < 1.29 is 13.2 Å². The summed E-state index contributed by atoms with van der Waals surface area (Å²) in [5.74, 6) is -0.383. The number of nitrogens with one attached hydrogen (secondary N) is 2. The first kappa shape index (κ1) is 13.7. The molecule has 0 saturated heterocycles. The summed E-state index contributed by atoms with van der Waals surface area (Å²) in [5, 5.41) is 2.06. The van der Waals surface area contributed by atoms with E-state index in [0.717, 1.165) is 0 Å². The first-order chi connectivity index (χ1) is 6.16. The average molecular weight is 243 g/mol. The van der Waals surface area contributed by atoms with Crippen molar-refractivity contribution in [2.45, 2.75) is 26.3 Å². The van der Waals surface area contributed by atoms with Crippen LogP contribution in [0.3, 0.4) is 0 Å². The molecule has 0 atom stereocenters. The van der Waals surface area contributed by atoms with Crippen LogP contribution in [0.4, 0.5) is 0 Å². The summed E-state index contributed by atoms with van der Waals surface area (Å²) in [6.45, 7) is 5.13. The van der Waals surface area contributed by atoms with E-state index in [1.165, 1.54) is 0 Å². The Kier molecular flexibility index (Phi) is 4.83. The van der Waals surface area contributed by atoms with Crippen LogP contribution >= 0.6 is 11.6 Å². The Bertz CT molecular complexity index is 295. The molecule has 0 heterocycles. The number of hydrogen-bond acceptors (Lipinski definition) is 3. The molecule has 0 fully saturated rings. The van der Waals surface area contributed by atoms with Crippen LogP contribution in [0.15, 0.2) is 0 Å². The fourth-order valence-corrected chi connectivity index (χ4v) is 1.34. The lowest BCUT2D eigenvalue weighted by molar-refractivity contribution is -0.121. The maximum Gasteiger partial charge on any atom is 0.235 e. The van der Waals surface area contributed by atoms with E-state index in [1.54, 1.807) is 20.8 Å². The monoisotopic (exact) mass is 242 g/mol. The third-order valence-corrected chi connectivity index (χ3v) is 2.84. The molecule has 0 bridgehead atoms. The van der Waals surface area contributed by atoms with Crippen molar-refractivity contribution in [1.29, 1.82) is 0 Å². The van der Waals surface area contributed by atoms with Crippen molar-refractivity contribution in [3.63, 3.8) is 0 Å². The van der Waals surface area contributed by atoms with Crippen molar-refractivity contribution in [2.75, 3.05) is 11.8 Å². The second-order valence-electron chi connectivity index (χ2n) is 3.84. The van der Waals surface area contributed by atoms with Gasteiger partial charge in [0.2, 0.25) is 15.9 Å².